The molecule has 0 saturated heterocycles. The Bertz CT molecular complexity index is 323. The van der Waals surface area contributed by atoms with E-state index in [2.05, 4.69) is 9.88 Å². The maximum atomic E-state index is 5.79. The van der Waals surface area contributed by atoms with Crippen LogP contribution in [0.2, 0.25) is 5.15 Å². The molecule has 1 fully saturated rings. The Morgan fingerprint density at radius 3 is 2.85 bits per heavy atom. The molecule has 2 rings (SSSR count). The van der Waals surface area contributed by atoms with Crippen LogP contribution in [0.1, 0.15) is 12.8 Å². The number of nitrogen functional groups attached to an aromatic ring is 1. The molecule has 0 bridgehead atoms. The molecule has 0 unspecified atom stereocenters. The Labute approximate surface area is 82.5 Å². The summed E-state index contributed by atoms with van der Waals surface area (Å²) in [5.74, 6) is 0.801. The van der Waals surface area contributed by atoms with Crippen LogP contribution in [0.5, 0.6) is 0 Å². The first-order valence-electron chi connectivity index (χ1n) is 4.33. The molecular weight excluding hydrogens is 186 g/mol. The SMILES string of the molecule is CN(c1nc(Cl)ccc1N)C1CC1. The lowest BCUT2D eigenvalue weighted by molar-refractivity contribution is 0.894. The average Bonchev–Trinajstić information content (AvgIpc) is 2.91. The zero-order valence-corrected chi connectivity index (χ0v) is 8.25. The summed E-state index contributed by atoms with van der Waals surface area (Å²) in [5.41, 5.74) is 6.49. The van der Waals surface area contributed by atoms with Crippen LogP contribution in [-0.4, -0.2) is 18.1 Å². The first-order chi connectivity index (χ1) is 6.18. The summed E-state index contributed by atoms with van der Waals surface area (Å²) in [4.78, 5) is 6.30. The van der Waals surface area contributed by atoms with Gasteiger partial charge in [0.2, 0.25) is 0 Å². The quantitative estimate of drug-likeness (QED) is 0.737. The highest BCUT2D eigenvalue weighted by molar-refractivity contribution is 6.29. The minimum atomic E-state index is 0.497. The van der Waals surface area contributed by atoms with Crippen molar-refractivity contribution in [2.45, 2.75) is 18.9 Å². The van der Waals surface area contributed by atoms with Crippen molar-refractivity contribution < 1.29 is 0 Å². The Kier molecular flexibility index (Phi) is 2.04. The molecule has 0 atom stereocenters. The van der Waals surface area contributed by atoms with Gasteiger partial charge in [0.05, 0.1) is 5.69 Å². The topological polar surface area (TPSA) is 42.2 Å². The van der Waals surface area contributed by atoms with E-state index in [0.717, 1.165) is 5.82 Å². The Morgan fingerprint density at radius 2 is 2.23 bits per heavy atom. The highest BCUT2D eigenvalue weighted by Crippen LogP contribution is 2.32. The van der Waals surface area contributed by atoms with Crippen molar-refractivity contribution in [3.05, 3.63) is 17.3 Å². The Balaban J connectivity index is 2.31. The second kappa shape index (κ2) is 3.07. The smallest absolute Gasteiger partial charge is 0.153 e. The van der Waals surface area contributed by atoms with Gasteiger partial charge in [0, 0.05) is 13.1 Å². The average molecular weight is 198 g/mol. The number of rotatable bonds is 2. The minimum Gasteiger partial charge on any atom is -0.396 e. The summed E-state index contributed by atoms with van der Waals surface area (Å²) in [7, 11) is 2.01. The summed E-state index contributed by atoms with van der Waals surface area (Å²) >= 11 is 5.79. The van der Waals surface area contributed by atoms with Gasteiger partial charge in [-0.25, -0.2) is 4.98 Å². The van der Waals surface area contributed by atoms with E-state index in [0.29, 0.717) is 16.9 Å². The standard InChI is InChI=1S/C9H12ClN3/c1-13(6-2-3-6)9-7(11)4-5-8(10)12-9/h4-6H,2-3,11H2,1H3. The second-order valence-corrected chi connectivity index (χ2v) is 3.78. The van der Waals surface area contributed by atoms with Gasteiger partial charge < -0.3 is 10.6 Å². The van der Waals surface area contributed by atoms with Crippen LogP contribution in [0.15, 0.2) is 12.1 Å². The van der Waals surface area contributed by atoms with E-state index in [1.807, 2.05) is 7.05 Å². The molecule has 3 nitrogen and oxygen atoms in total. The third-order valence-electron chi connectivity index (χ3n) is 2.30. The number of halogens is 1. The fourth-order valence-electron chi connectivity index (χ4n) is 1.35. The molecule has 1 heterocycles. The third kappa shape index (κ3) is 1.70. The van der Waals surface area contributed by atoms with Gasteiger partial charge in [0.25, 0.3) is 0 Å². The molecule has 1 aliphatic carbocycles. The third-order valence-corrected chi connectivity index (χ3v) is 2.51. The molecule has 13 heavy (non-hydrogen) atoms. The number of aromatic nitrogens is 1. The van der Waals surface area contributed by atoms with E-state index in [-0.39, 0.29) is 0 Å². The van der Waals surface area contributed by atoms with Crippen molar-refractivity contribution >= 4 is 23.1 Å². The van der Waals surface area contributed by atoms with Crippen LogP contribution in [0.25, 0.3) is 0 Å². The van der Waals surface area contributed by atoms with E-state index >= 15 is 0 Å². The first kappa shape index (κ1) is 8.63. The number of hydrogen-bond acceptors (Lipinski definition) is 3. The van der Waals surface area contributed by atoms with E-state index < -0.39 is 0 Å². The fraction of sp³-hybridized carbons (Fsp3) is 0.444. The normalized spacial score (nSPS) is 15.8. The summed E-state index contributed by atoms with van der Waals surface area (Å²) in [6.45, 7) is 0. The van der Waals surface area contributed by atoms with Gasteiger partial charge >= 0.3 is 0 Å². The second-order valence-electron chi connectivity index (χ2n) is 3.39. The Hall–Kier alpha value is -0.960. The molecule has 1 aromatic heterocycles. The van der Waals surface area contributed by atoms with Crippen molar-refractivity contribution in [3.63, 3.8) is 0 Å². The monoisotopic (exact) mass is 197 g/mol. The van der Waals surface area contributed by atoms with E-state index in [1.54, 1.807) is 12.1 Å². The van der Waals surface area contributed by atoms with Crippen LogP contribution in [0.4, 0.5) is 11.5 Å². The first-order valence-corrected chi connectivity index (χ1v) is 4.71. The number of hydrogen-bond donors (Lipinski definition) is 1. The largest absolute Gasteiger partial charge is 0.396 e. The van der Waals surface area contributed by atoms with Gasteiger partial charge in [-0.2, -0.15) is 0 Å². The maximum absolute atomic E-state index is 5.79. The van der Waals surface area contributed by atoms with Gasteiger partial charge in [0.1, 0.15) is 5.15 Å². The summed E-state index contributed by atoms with van der Waals surface area (Å²) < 4.78 is 0. The molecule has 1 aromatic rings. The van der Waals surface area contributed by atoms with E-state index in [9.17, 15) is 0 Å². The number of nitrogens with two attached hydrogens (primary N) is 1. The predicted molar refractivity (Wildman–Crippen MR) is 55.1 cm³/mol. The predicted octanol–water partition coefficient (Wildman–Crippen LogP) is 1.92. The molecule has 1 saturated carbocycles. The van der Waals surface area contributed by atoms with E-state index in [1.165, 1.54) is 12.8 Å². The Morgan fingerprint density at radius 1 is 1.54 bits per heavy atom. The number of pyridine rings is 1. The highest BCUT2D eigenvalue weighted by atomic mass is 35.5. The maximum Gasteiger partial charge on any atom is 0.153 e. The van der Waals surface area contributed by atoms with Crippen LogP contribution < -0.4 is 10.6 Å². The van der Waals surface area contributed by atoms with Crippen LogP contribution >= 0.6 is 11.6 Å². The fourth-order valence-corrected chi connectivity index (χ4v) is 1.50. The van der Waals surface area contributed by atoms with Crippen molar-refractivity contribution in [1.29, 1.82) is 0 Å². The molecule has 2 N–H and O–H groups in total. The highest BCUT2D eigenvalue weighted by Gasteiger charge is 2.28. The van der Waals surface area contributed by atoms with Crippen LogP contribution in [0, 0.1) is 0 Å². The lowest BCUT2D eigenvalue weighted by Crippen LogP contribution is -2.21. The summed E-state index contributed by atoms with van der Waals surface area (Å²) in [6.07, 6.45) is 2.45. The molecule has 0 spiro atoms. The van der Waals surface area contributed by atoms with Gasteiger partial charge in [-0.3, -0.25) is 0 Å². The molecule has 70 valence electrons. The van der Waals surface area contributed by atoms with Gasteiger partial charge in [-0.1, -0.05) is 11.6 Å². The van der Waals surface area contributed by atoms with Crippen molar-refractivity contribution in [2.24, 2.45) is 0 Å². The summed E-state index contributed by atoms with van der Waals surface area (Å²) in [6, 6.07) is 4.11. The van der Waals surface area contributed by atoms with Crippen LogP contribution in [-0.2, 0) is 0 Å². The molecule has 0 amide bonds. The zero-order chi connectivity index (χ0) is 9.42. The van der Waals surface area contributed by atoms with Crippen molar-refractivity contribution in [3.8, 4) is 0 Å². The van der Waals surface area contributed by atoms with E-state index in [4.69, 9.17) is 17.3 Å². The molecular formula is C9H12ClN3. The molecule has 4 heteroatoms. The van der Waals surface area contributed by atoms with Gasteiger partial charge in [-0.15, -0.1) is 0 Å². The zero-order valence-electron chi connectivity index (χ0n) is 7.50. The number of nitrogens with zero attached hydrogens (tertiary/aromatic N) is 2. The lowest BCUT2D eigenvalue weighted by atomic mass is 10.3. The van der Waals surface area contributed by atoms with Gasteiger partial charge in [-0.05, 0) is 25.0 Å². The van der Waals surface area contributed by atoms with Crippen molar-refractivity contribution in [2.75, 3.05) is 17.7 Å². The molecule has 0 aliphatic heterocycles. The lowest BCUT2D eigenvalue weighted by Gasteiger charge is -2.18. The number of anilines is 2. The molecule has 0 radical (unpaired) electrons. The van der Waals surface area contributed by atoms with Crippen LogP contribution in [0.3, 0.4) is 0 Å². The summed E-state index contributed by atoms with van der Waals surface area (Å²) in [5, 5.41) is 0.497. The van der Waals surface area contributed by atoms with Crippen molar-refractivity contribution in [1.82, 2.24) is 4.98 Å². The minimum absolute atomic E-state index is 0.497. The van der Waals surface area contributed by atoms with Gasteiger partial charge in [0.15, 0.2) is 5.82 Å². The molecule has 0 aromatic carbocycles. The molecule has 1 aliphatic rings.